The van der Waals surface area contributed by atoms with Crippen molar-refractivity contribution in [2.45, 2.75) is 19.1 Å². The quantitative estimate of drug-likeness (QED) is 0.735. The lowest BCUT2D eigenvalue weighted by molar-refractivity contribution is -0.123. The number of benzene rings is 2. The number of carbonyl (C=O) groups is 1. The number of amides is 1. The van der Waals surface area contributed by atoms with Gasteiger partial charge < -0.3 is 9.88 Å². The molecule has 0 fully saturated rings. The Labute approximate surface area is 162 Å². The number of carbonyl (C=O) groups excluding carboxylic acids is 1. The Kier molecular flexibility index (Phi) is 5.21. The first-order valence-electron chi connectivity index (χ1n) is 9.26. The SMILES string of the molecule is O=C(CN1CCn2cccc2C1c1ccc(F)cc1F)NCc1ccccc1. The molecule has 0 bridgehead atoms. The molecule has 0 aliphatic carbocycles. The van der Waals surface area contributed by atoms with Crippen molar-refractivity contribution in [3.8, 4) is 0 Å². The number of nitrogens with one attached hydrogen (secondary N) is 1. The Morgan fingerprint density at radius 1 is 1.04 bits per heavy atom. The van der Waals surface area contributed by atoms with E-state index in [1.54, 1.807) is 0 Å². The van der Waals surface area contributed by atoms with Crippen LogP contribution in [0.3, 0.4) is 0 Å². The van der Waals surface area contributed by atoms with Gasteiger partial charge in [-0.3, -0.25) is 9.69 Å². The monoisotopic (exact) mass is 381 g/mol. The van der Waals surface area contributed by atoms with Gasteiger partial charge >= 0.3 is 0 Å². The minimum Gasteiger partial charge on any atom is -0.351 e. The largest absolute Gasteiger partial charge is 0.351 e. The fourth-order valence-corrected chi connectivity index (χ4v) is 3.72. The summed E-state index contributed by atoms with van der Waals surface area (Å²) in [5, 5.41) is 2.92. The van der Waals surface area contributed by atoms with Crippen LogP contribution in [-0.2, 0) is 17.9 Å². The van der Waals surface area contributed by atoms with Crippen molar-refractivity contribution in [1.29, 1.82) is 0 Å². The van der Waals surface area contributed by atoms with E-state index in [1.165, 1.54) is 12.1 Å². The maximum Gasteiger partial charge on any atom is 0.234 e. The van der Waals surface area contributed by atoms with Gasteiger partial charge in [-0.1, -0.05) is 36.4 Å². The molecule has 1 unspecified atom stereocenters. The highest BCUT2D eigenvalue weighted by molar-refractivity contribution is 5.78. The summed E-state index contributed by atoms with van der Waals surface area (Å²) in [7, 11) is 0. The van der Waals surface area contributed by atoms with E-state index >= 15 is 0 Å². The van der Waals surface area contributed by atoms with Crippen LogP contribution in [0.25, 0.3) is 0 Å². The van der Waals surface area contributed by atoms with Gasteiger partial charge in [0.25, 0.3) is 0 Å². The Morgan fingerprint density at radius 2 is 1.86 bits per heavy atom. The van der Waals surface area contributed by atoms with E-state index < -0.39 is 17.7 Å². The van der Waals surface area contributed by atoms with Gasteiger partial charge in [0.05, 0.1) is 12.6 Å². The molecule has 144 valence electrons. The summed E-state index contributed by atoms with van der Waals surface area (Å²) >= 11 is 0. The molecule has 2 aromatic carbocycles. The van der Waals surface area contributed by atoms with E-state index in [1.807, 2.05) is 58.1 Å². The Morgan fingerprint density at radius 3 is 2.64 bits per heavy atom. The highest BCUT2D eigenvalue weighted by Gasteiger charge is 2.31. The van der Waals surface area contributed by atoms with Crippen molar-refractivity contribution in [1.82, 2.24) is 14.8 Å². The molecule has 1 N–H and O–H groups in total. The van der Waals surface area contributed by atoms with Crippen molar-refractivity contribution in [2.24, 2.45) is 0 Å². The van der Waals surface area contributed by atoms with Crippen molar-refractivity contribution in [3.05, 3.63) is 95.3 Å². The van der Waals surface area contributed by atoms with Gasteiger partial charge in [0.15, 0.2) is 0 Å². The topological polar surface area (TPSA) is 37.3 Å². The molecule has 0 saturated carbocycles. The summed E-state index contributed by atoms with van der Waals surface area (Å²) in [6.45, 7) is 1.90. The zero-order chi connectivity index (χ0) is 19.5. The lowest BCUT2D eigenvalue weighted by Gasteiger charge is -2.37. The molecule has 2 heterocycles. The molecule has 1 aliphatic heterocycles. The maximum absolute atomic E-state index is 14.5. The van der Waals surface area contributed by atoms with Crippen molar-refractivity contribution in [3.63, 3.8) is 0 Å². The summed E-state index contributed by atoms with van der Waals surface area (Å²) in [4.78, 5) is 14.5. The van der Waals surface area contributed by atoms with Crippen LogP contribution < -0.4 is 5.32 Å². The summed E-state index contributed by atoms with van der Waals surface area (Å²) in [5.74, 6) is -1.34. The Bertz CT molecular complexity index is 971. The minimum atomic E-state index is -0.611. The zero-order valence-electron chi connectivity index (χ0n) is 15.3. The Balaban J connectivity index is 1.54. The van der Waals surface area contributed by atoms with Crippen LogP contribution in [0.5, 0.6) is 0 Å². The van der Waals surface area contributed by atoms with Crippen LogP contribution in [0, 0.1) is 11.6 Å². The van der Waals surface area contributed by atoms with E-state index in [0.717, 1.165) is 17.3 Å². The molecule has 6 heteroatoms. The second-order valence-electron chi connectivity index (χ2n) is 6.93. The van der Waals surface area contributed by atoms with E-state index in [0.29, 0.717) is 25.2 Å². The highest BCUT2D eigenvalue weighted by atomic mass is 19.1. The number of halogens is 2. The molecule has 3 aromatic rings. The number of rotatable bonds is 5. The number of nitrogens with zero attached hydrogens (tertiary/aromatic N) is 2. The summed E-state index contributed by atoms with van der Waals surface area (Å²) < 4.78 is 30.0. The second kappa shape index (κ2) is 7.94. The van der Waals surface area contributed by atoms with Crippen LogP contribution in [0.4, 0.5) is 8.78 Å². The van der Waals surface area contributed by atoms with Gasteiger partial charge in [0.2, 0.25) is 5.91 Å². The fourth-order valence-electron chi connectivity index (χ4n) is 3.72. The van der Waals surface area contributed by atoms with E-state index in [9.17, 15) is 13.6 Å². The smallest absolute Gasteiger partial charge is 0.234 e. The van der Waals surface area contributed by atoms with Crippen molar-refractivity contribution in [2.75, 3.05) is 13.1 Å². The number of fused-ring (bicyclic) bond motifs is 1. The molecule has 0 radical (unpaired) electrons. The zero-order valence-corrected chi connectivity index (χ0v) is 15.3. The molecule has 1 amide bonds. The second-order valence-corrected chi connectivity index (χ2v) is 6.93. The van der Waals surface area contributed by atoms with E-state index in [-0.39, 0.29) is 12.5 Å². The van der Waals surface area contributed by atoms with Crippen LogP contribution in [-0.4, -0.2) is 28.5 Å². The standard InChI is InChI=1S/C22H21F2N3O/c23-17-8-9-18(19(24)13-17)22-20-7-4-10-26(20)11-12-27(22)15-21(28)25-14-16-5-2-1-3-6-16/h1-10,13,22H,11-12,14-15H2,(H,25,28). The first kappa shape index (κ1) is 18.4. The average molecular weight is 381 g/mol. The maximum atomic E-state index is 14.5. The third-order valence-corrected chi connectivity index (χ3v) is 5.07. The normalized spacial score (nSPS) is 16.6. The van der Waals surface area contributed by atoms with Gasteiger partial charge in [0, 0.05) is 43.2 Å². The average Bonchev–Trinajstić information content (AvgIpc) is 3.17. The molecular weight excluding hydrogens is 360 g/mol. The third-order valence-electron chi connectivity index (χ3n) is 5.07. The lowest BCUT2D eigenvalue weighted by atomic mass is 9.99. The first-order valence-corrected chi connectivity index (χ1v) is 9.26. The molecule has 0 spiro atoms. The van der Waals surface area contributed by atoms with Crippen LogP contribution in [0.1, 0.15) is 22.9 Å². The Hall–Kier alpha value is -2.99. The van der Waals surface area contributed by atoms with E-state index in [2.05, 4.69) is 5.32 Å². The summed E-state index contributed by atoms with van der Waals surface area (Å²) in [6, 6.07) is 16.7. The van der Waals surface area contributed by atoms with Gasteiger partial charge in [0.1, 0.15) is 11.6 Å². The predicted octanol–water partition coefficient (Wildman–Crippen LogP) is 3.49. The molecule has 4 nitrogen and oxygen atoms in total. The van der Waals surface area contributed by atoms with Gasteiger partial charge in [-0.25, -0.2) is 8.78 Å². The number of hydrogen-bond acceptors (Lipinski definition) is 2. The molecule has 0 saturated heterocycles. The lowest BCUT2D eigenvalue weighted by Crippen LogP contribution is -2.44. The first-order chi connectivity index (χ1) is 13.6. The van der Waals surface area contributed by atoms with Gasteiger partial charge in [-0.2, -0.15) is 0 Å². The van der Waals surface area contributed by atoms with Crippen LogP contribution >= 0.6 is 0 Å². The summed E-state index contributed by atoms with van der Waals surface area (Å²) in [5.41, 5.74) is 2.29. The number of hydrogen-bond donors (Lipinski definition) is 1. The van der Waals surface area contributed by atoms with Crippen molar-refractivity contribution >= 4 is 5.91 Å². The van der Waals surface area contributed by atoms with Crippen molar-refractivity contribution < 1.29 is 13.6 Å². The van der Waals surface area contributed by atoms with Gasteiger partial charge in [-0.05, 0) is 23.8 Å². The molecule has 28 heavy (non-hydrogen) atoms. The predicted molar refractivity (Wildman–Crippen MR) is 102 cm³/mol. The molecule has 4 rings (SSSR count). The number of aromatic nitrogens is 1. The highest BCUT2D eigenvalue weighted by Crippen LogP contribution is 2.33. The van der Waals surface area contributed by atoms with Crippen LogP contribution in [0.15, 0.2) is 66.9 Å². The molecule has 1 aliphatic rings. The minimum absolute atomic E-state index is 0.128. The third kappa shape index (κ3) is 3.82. The summed E-state index contributed by atoms with van der Waals surface area (Å²) in [6.07, 6.45) is 1.94. The fraction of sp³-hybridized carbons (Fsp3) is 0.227. The molecule has 1 atom stereocenters. The van der Waals surface area contributed by atoms with E-state index in [4.69, 9.17) is 0 Å². The molecular formula is C22H21F2N3O. The molecule has 1 aromatic heterocycles. The van der Waals surface area contributed by atoms with Gasteiger partial charge in [-0.15, -0.1) is 0 Å². The van der Waals surface area contributed by atoms with Crippen LogP contribution in [0.2, 0.25) is 0 Å².